The Balaban J connectivity index is 1.45. The van der Waals surface area contributed by atoms with Gasteiger partial charge in [-0.3, -0.25) is 14.1 Å². The number of carbonyl (C=O) groups excluding carboxylic acids is 1. The third kappa shape index (κ3) is 7.41. The van der Waals surface area contributed by atoms with Crippen molar-refractivity contribution >= 4 is 22.5 Å². The lowest BCUT2D eigenvalue weighted by atomic mass is 9.97. The lowest BCUT2D eigenvalue weighted by molar-refractivity contribution is 0.0524. The van der Waals surface area contributed by atoms with E-state index in [1.165, 1.54) is 0 Å². The van der Waals surface area contributed by atoms with Crippen molar-refractivity contribution in [3.63, 3.8) is 0 Å². The van der Waals surface area contributed by atoms with Crippen molar-refractivity contribution in [2.24, 2.45) is 0 Å². The van der Waals surface area contributed by atoms with Gasteiger partial charge in [0.1, 0.15) is 0 Å². The zero-order valence-corrected chi connectivity index (χ0v) is 28.7. The molecule has 0 aliphatic carbocycles. The van der Waals surface area contributed by atoms with E-state index < -0.39 is 10.8 Å². The number of anilines is 1. The predicted octanol–water partition coefficient (Wildman–Crippen LogP) is 5.61. The number of ether oxygens (including phenoxy) is 4. The van der Waals surface area contributed by atoms with Crippen LogP contribution in [0.1, 0.15) is 51.4 Å². The molecule has 10 heteroatoms. The van der Waals surface area contributed by atoms with E-state index in [0.717, 1.165) is 38.7 Å². The zero-order chi connectivity index (χ0) is 33.5. The summed E-state index contributed by atoms with van der Waals surface area (Å²) in [5, 5.41) is 0. The average Bonchev–Trinajstić information content (AvgIpc) is 3.47. The highest BCUT2D eigenvalue weighted by Gasteiger charge is 2.40. The second-order valence-electron chi connectivity index (χ2n) is 11.9. The SMILES string of the molecule is CCOC(=O)c1c2c(nc(Cc3ccccc3)c1N1CCOCC1)C(CS(=O)c1ccccc1)N(CCc1ccc(OC)c(OC)c1)C2. The van der Waals surface area contributed by atoms with Gasteiger partial charge in [0.05, 0.1) is 73.5 Å². The van der Waals surface area contributed by atoms with Crippen LogP contribution in [-0.2, 0) is 39.7 Å². The molecule has 2 atom stereocenters. The molecule has 2 aliphatic heterocycles. The minimum Gasteiger partial charge on any atom is -0.493 e. The average molecular weight is 670 g/mol. The highest BCUT2D eigenvalue weighted by atomic mass is 32.2. The lowest BCUT2D eigenvalue weighted by Crippen LogP contribution is -2.38. The van der Waals surface area contributed by atoms with Crippen LogP contribution >= 0.6 is 0 Å². The summed E-state index contributed by atoms with van der Waals surface area (Å²) in [6.07, 6.45) is 1.26. The first-order valence-electron chi connectivity index (χ1n) is 16.5. The van der Waals surface area contributed by atoms with Gasteiger partial charge >= 0.3 is 5.97 Å². The van der Waals surface area contributed by atoms with Crippen molar-refractivity contribution < 1.29 is 28.0 Å². The fraction of sp³-hybridized carbons (Fsp3) is 0.368. The zero-order valence-electron chi connectivity index (χ0n) is 27.9. The van der Waals surface area contributed by atoms with Crippen LogP contribution in [0, 0.1) is 0 Å². The van der Waals surface area contributed by atoms with Crippen LogP contribution in [0.3, 0.4) is 0 Å². The second-order valence-corrected chi connectivity index (χ2v) is 13.4. The Labute approximate surface area is 285 Å². The molecule has 0 bridgehead atoms. The Hall–Kier alpha value is -4.25. The van der Waals surface area contributed by atoms with E-state index in [0.29, 0.717) is 75.0 Å². The van der Waals surface area contributed by atoms with Crippen molar-refractivity contribution in [2.75, 3.05) is 64.3 Å². The molecular formula is C38H43N3O6S. The number of esters is 1. The number of hydrogen-bond donors (Lipinski definition) is 0. The van der Waals surface area contributed by atoms with Crippen LogP contribution in [0.25, 0.3) is 0 Å². The normalized spacial score (nSPS) is 16.7. The Morgan fingerprint density at radius 2 is 1.65 bits per heavy atom. The van der Waals surface area contributed by atoms with Crippen LogP contribution in [0.2, 0.25) is 0 Å². The molecule has 0 saturated carbocycles. The van der Waals surface area contributed by atoms with E-state index in [-0.39, 0.29) is 18.6 Å². The molecule has 252 valence electrons. The molecule has 1 aromatic heterocycles. The van der Waals surface area contributed by atoms with Crippen LogP contribution in [0.5, 0.6) is 11.5 Å². The van der Waals surface area contributed by atoms with Crippen LogP contribution in [0.15, 0.2) is 83.8 Å². The smallest absolute Gasteiger partial charge is 0.340 e. The van der Waals surface area contributed by atoms with E-state index in [9.17, 15) is 9.00 Å². The standard InChI is InChI=1S/C38H43N3O6S/c1-4-47-38(42)35-30-25-41(18-17-28-15-16-33(44-2)34(24-28)45-3)32(26-48(43)29-13-9-6-10-14-29)36(30)39-31(23-27-11-7-5-8-12-27)37(35)40-19-21-46-22-20-40/h5-16,24,32H,4,17-23,25-26H2,1-3H3. The summed E-state index contributed by atoms with van der Waals surface area (Å²) in [7, 11) is 1.97. The van der Waals surface area contributed by atoms with E-state index >= 15 is 0 Å². The van der Waals surface area contributed by atoms with Crippen LogP contribution in [0.4, 0.5) is 5.69 Å². The first kappa shape index (κ1) is 33.6. The van der Waals surface area contributed by atoms with Crippen molar-refractivity contribution in [1.29, 1.82) is 0 Å². The lowest BCUT2D eigenvalue weighted by Gasteiger charge is -2.32. The molecular weight excluding hydrogens is 627 g/mol. The molecule has 9 nitrogen and oxygen atoms in total. The molecule has 0 spiro atoms. The number of morpholine rings is 1. The molecule has 3 aromatic carbocycles. The molecule has 3 heterocycles. The van der Waals surface area contributed by atoms with E-state index in [1.807, 2.05) is 73.7 Å². The van der Waals surface area contributed by atoms with Crippen molar-refractivity contribution in [3.8, 4) is 11.5 Å². The molecule has 2 unspecified atom stereocenters. The molecule has 2 aliphatic rings. The first-order valence-corrected chi connectivity index (χ1v) is 17.8. The Morgan fingerprint density at radius 3 is 2.33 bits per heavy atom. The fourth-order valence-corrected chi connectivity index (χ4v) is 7.91. The van der Waals surface area contributed by atoms with Crippen molar-refractivity contribution in [3.05, 3.63) is 113 Å². The van der Waals surface area contributed by atoms with E-state index in [1.54, 1.807) is 14.2 Å². The number of fused-ring (bicyclic) bond motifs is 1. The Bertz CT molecular complexity index is 1730. The summed E-state index contributed by atoms with van der Waals surface area (Å²) in [5.41, 5.74) is 6.06. The van der Waals surface area contributed by atoms with Crippen LogP contribution < -0.4 is 14.4 Å². The number of benzene rings is 3. The quantitative estimate of drug-likeness (QED) is 0.169. The minimum atomic E-state index is -1.29. The summed E-state index contributed by atoms with van der Waals surface area (Å²) < 4.78 is 36.4. The molecule has 0 radical (unpaired) electrons. The van der Waals surface area contributed by atoms with Gasteiger partial charge in [-0.2, -0.15) is 0 Å². The largest absolute Gasteiger partial charge is 0.493 e. The van der Waals surface area contributed by atoms with Crippen LogP contribution in [-0.4, -0.2) is 79.5 Å². The predicted molar refractivity (Wildman–Crippen MR) is 187 cm³/mol. The highest BCUT2D eigenvalue weighted by Crippen LogP contribution is 2.42. The van der Waals surface area contributed by atoms with Crippen molar-refractivity contribution in [1.82, 2.24) is 9.88 Å². The van der Waals surface area contributed by atoms with Gasteiger partial charge in [-0.15, -0.1) is 0 Å². The number of carbonyl (C=O) groups is 1. The summed E-state index contributed by atoms with van der Waals surface area (Å²) in [4.78, 5) is 24.7. The van der Waals surface area contributed by atoms with Gasteiger partial charge < -0.3 is 23.8 Å². The van der Waals surface area contributed by atoms with Gasteiger partial charge in [0.25, 0.3) is 0 Å². The van der Waals surface area contributed by atoms with Gasteiger partial charge in [0.15, 0.2) is 11.5 Å². The number of pyridine rings is 1. The summed E-state index contributed by atoms with van der Waals surface area (Å²) in [6.45, 7) is 5.69. The highest BCUT2D eigenvalue weighted by molar-refractivity contribution is 7.85. The van der Waals surface area contributed by atoms with E-state index in [2.05, 4.69) is 21.9 Å². The molecule has 0 N–H and O–H groups in total. The Morgan fingerprint density at radius 1 is 0.938 bits per heavy atom. The van der Waals surface area contributed by atoms with Gasteiger partial charge in [0.2, 0.25) is 0 Å². The summed E-state index contributed by atoms with van der Waals surface area (Å²) in [5.74, 6) is 1.35. The minimum absolute atomic E-state index is 0.261. The topological polar surface area (TPSA) is 90.4 Å². The van der Waals surface area contributed by atoms with Gasteiger partial charge in [-0.1, -0.05) is 54.6 Å². The maximum absolute atomic E-state index is 14.0. The number of methoxy groups -OCH3 is 2. The third-order valence-electron chi connectivity index (χ3n) is 8.97. The Kier molecular flexibility index (Phi) is 11.1. The number of nitrogens with zero attached hydrogens (tertiary/aromatic N) is 3. The van der Waals surface area contributed by atoms with Gasteiger partial charge in [-0.25, -0.2) is 4.79 Å². The second kappa shape index (κ2) is 15.8. The maximum Gasteiger partial charge on any atom is 0.340 e. The summed E-state index contributed by atoms with van der Waals surface area (Å²) >= 11 is 0. The molecule has 0 amide bonds. The fourth-order valence-electron chi connectivity index (χ4n) is 6.61. The van der Waals surface area contributed by atoms with E-state index in [4.69, 9.17) is 23.9 Å². The monoisotopic (exact) mass is 669 g/mol. The molecule has 4 aromatic rings. The summed E-state index contributed by atoms with van der Waals surface area (Å²) in [6, 6.07) is 25.4. The number of aromatic nitrogens is 1. The third-order valence-corrected chi connectivity index (χ3v) is 10.4. The van der Waals surface area contributed by atoms with Gasteiger partial charge in [0, 0.05) is 48.8 Å². The molecule has 1 fully saturated rings. The molecule has 6 rings (SSSR count). The number of hydrogen-bond acceptors (Lipinski definition) is 9. The van der Waals surface area contributed by atoms with Crippen molar-refractivity contribution in [2.45, 2.75) is 37.2 Å². The maximum atomic E-state index is 14.0. The number of rotatable bonds is 13. The van der Waals surface area contributed by atoms with Gasteiger partial charge in [-0.05, 0) is 48.7 Å². The molecule has 48 heavy (non-hydrogen) atoms. The molecule has 1 saturated heterocycles. The first-order chi connectivity index (χ1) is 23.5.